The lowest BCUT2D eigenvalue weighted by Crippen LogP contribution is -2.44. The van der Waals surface area contributed by atoms with Crippen molar-refractivity contribution < 1.29 is 18.0 Å². The van der Waals surface area contributed by atoms with Crippen molar-refractivity contribution in [1.82, 2.24) is 9.88 Å². The Balaban J connectivity index is 1.91. The zero-order valence-electron chi connectivity index (χ0n) is 20.6. The number of halogens is 4. The minimum atomic E-state index is -4.77. The molecule has 0 spiro atoms. The number of carbonyl (C=O) groups excluding carboxylic acids is 1. The molecule has 2 aliphatic rings. The highest BCUT2D eigenvalue weighted by atomic mass is 35.5. The van der Waals surface area contributed by atoms with Crippen LogP contribution in [0.4, 0.5) is 13.2 Å². The predicted molar refractivity (Wildman–Crippen MR) is 133 cm³/mol. The maximum absolute atomic E-state index is 14.2. The van der Waals surface area contributed by atoms with Crippen molar-refractivity contribution >= 4 is 23.2 Å². The quantitative estimate of drug-likeness (QED) is 0.334. The Morgan fingerprint density at radius 2 is 1.89 bits per heavy atom. The van der Waals surface area contributed by atoms with Crippen LogP contribution in [0.5, 0.6) is 0 Å². The molecule has 1 heterocycles. The summed E-state index contributed by atoms with van der Waals surface area (Å²) in [5, 5.41) is 0.480. The van der Waals surface area contributed by atoms with Gasteiger partial charge in [0.1, 0.15) is 0 Å². The molecule has 9 heteroatoms. The summed E-state index contributed by atoms with van der Waals surface area (Å²) in [5.41, 5.74) is 5.53. The smallest absolute Gasteiger partial charge is 0.404 e. The van der Waals surface area contributed by atoms with E-state index in [-0.39, 0.29) is 12.0 Å². The normalized spacial score (nSPS) is 19.7. The van der Waals surface area contributed by atoms with Crippen LogP contribution < -0.4 is 5.73 Å². The van der Waals surface area contributed by atoms with Gasteiger partial charge in [0, 0.05) is 31.7 Å². The minimum absolute atomic E-state index is 0.147. The van der Waals surface area contributed by atoms with Crippen LogP contribution in [0.2, 0.25) is 5.02 Å². The first-order valence-corrected chi connectivity index (χ1v) is 12.9. The van der Waals surface area contributed by atoms with Crippen LogP contribution in [0.1, 0.15) is 75.8 Å². The fourth-order valence-corrected chi connectivity index (χ4v) is 5.63. The lowest BCUT2D eigenvalue weighted by Gasteiger charge is -2.34. The van der Waals surface area contributed by atoms with Gasteiger partial charge in [0.2, 0.25) is 0 Å². The SMILES string of the molecule is Cc1cncc(Cl)c1CCN(CC1(C)CCCC1)C(=O)C(=CN)C(=NC1CCCCC1)C(F)(F)F. The molecule has 3 rings (SSSR count). The van der Waals surface area contributed by atoms with E-state index in [2.05, 4.69) is 16.9 Å². The Bertz CT molecular complexity index is 928. The molecule has 2 aliphatic carbocycles. The molecule has 2 N–H and O–H groups in total. The lowest BCUT2D eigenvalue weighted by molar-refractivity contribution is -0.128. The third kappa shape index (κ3) is 7.21. The topological polar surface area (TPSA) is 71.6 Å². The van der Waals surface area contributed by atoms with Crippen molar-refractivity contribution in [3.05, 3.63) is 40.3 Å². The molecular weight excluding hydrogens is 477 g/mol. The summed E-state index contributed by atoms with van der Waals surface area (Å²) >= 11 is 6.33. The zero-order valence-corrected chi connectivity index (χ0v) is 21.4. The first-order chi connectivity index (χ1) is 16.5. The molecule has 0 aliphatic heterocycles. The van der Waals surface area contributed by atoms with Crippen LogP contribution in [0.3, 0.4) is 0 Å². The molecule has 0 unspecified atom stereocenters. The summed E-state index contributed by atoms with van der Waals surface area (Å²) in [6, 6.07) is -0.442. The van der Waals surface area contributed by atoms with E-state index < -0.39 is 29.4 Å². The van der Waals surface area contributed by atoms with Crippen LogP contribution in [0, 0.1) is 12.3 Å². The van der Waals surface area contributed by atoms with Gasteiger partial charge < -0.3 is 10.6 Å². The van der Waals surface area contributed by atoms with E-state index in [0.717, 1.165) is 62.3 Å². The fourth-order valence-electron chi connectivity index (χ4n) is 5.33. The lowest BCUT2D eigenvalue weighted by atomic mass is 9.87. The van der Waals surface area contributed by atoms with Crippen LogP contribution in [-0.2, 0) is 11.2 Å². The van der Waals surface area contributed by atoms with Gasteiger partial charge in [-0.25, -0.2) is 0 Å². The van der Waals surface area contributed by atoms with Gasteiger partial charge in [-0.15, -0.1) is 0 Å². The van der Waals surface area contributed by atoms with Gasteiger partial charge in [-0.2, -0.15) is 13.2 Å². The van der Waals surface area contributed by atoms with Gasteiger partial charge >= 0.3 is 6.18 Å². The number of aromatic nitrogens is 1. The van der Waals surface area contributed by atoms with E-state index in [1.165, 1.54) is 11.1 Å². The molecule has 1 amide bonds. The Morgan fingerprint density at radius 3 is 2.46 bits per heavy atom. The Morgan fingerprint density at radius 1 is 1.23 bits per heavy atom. The summed E-state index contributed by atoms with van der Waals surface area (Å²) in [7, 11) is 0. The van der Waals surface area contributed by atoms with E-state index in [1.54, 1.807) is 6.20 Å². The summed E-state index contributed by atoms with van der Waals surface area (Å²) < 4.78 is 42.5. The molecule has 0 radical (unpaired) electrons. The molecule has 5 nitrogen and oxygen atoms in total. The average molecular weight is 513 g/mol. The van der Waals surface area contributed by atoms with E-state index in [1.807, 2.05) is 6.92 Å². The number of hydrogen-bond acceptors (Lipinski definition) is 4. The van der Waals surface area contributed by atoms with E-state index in [9.17, 15) is 18.0 Å². The largest absolute Gasteiger partial charge is 0.433 e. The Labute approximate surface area is 211 Å². The van der Waals surface area contributed by atoms with Crippen LogP contribution in [0.25, 0.3) is 0 Å². The van der Waals surface area contributed by atoms with E-state index >= 15 is 0 Å². The van der Waals surface area contributed by atoms with Crippen molar-refractivity contribution in [3.8, 4) is 0 Å². The second-order valence-corrected chi connectivity index (χ2v) is 10.7. The highest BCUT2D eigenvalue weighted by Crippen LogP contribution is 2.39. The highest BCUT2D eigenvalue weighted by molar-refractivity contribution is 6.31. The number of nitrogens with zero attached hydrogens (tertiary/aromatic N) is 3. The summed E-state index contributed by atoms with van der Waals surface area (Å²) in [5.74, 6) is -0.727. The summed E-state index contributed by atoms with van der Waals surface area (Å²) in [6.07, 6.45) is 7.45. The van der Waals surface area contributed by atoms with Crippen molar-refractivity contribution in [1.29, 1.82) is 0 Å². The predicted octanol–water partition coefficient (Wildman–Crippen LogP) is 6.17. The monoisotopic (exact) mass is 512 g/mol. The van der Waals surface area contributed by atoms with Crippen LogP contribution in [-0.4, -0.2) is 46.8 Å². The third-order valence-electron chi connectivity index (χ3n) is 7.33. The second kappa shape index (κ2) is 11.8. The van der Waals surface area contributed by atoms with Gasteiger partial charge in [0.25, 0.3) is 5.91 Å². The Hall–Kier alpha value is -2.09. The number of pyridine rings is 1. The summed E-state index contributed by atoms with van der Waals surface area (Å²) in [4.78, 5) is 23.3. The molecule has 0 saturated heterocycles. The van der Waals surface area contributed by atoms with Crippen molar-refractivity contribution in [2.75, 3.05) is 13.1 Å². The number of carbonyl (C=O) groups is 1. The van der Waals surface area contributed by atoms with Crippen molar-refractivity contribution in [2.45, 2.75) is 90.3 Å². The van der Waals surface area contributed by atoms with Crippen molar-refractivity contribution in [2.24, 2.45) is 16.1 Å². The number of aliphatic imine (C=N–C) groups is 1. The zero-order chi connectivity index (χ0) is 25.6. The van der Waals surface area contributed by atoms with Gasteiger partial charge in [-0.1, -0.05) is 50.6 Å². The number of nitrogens with two attached hydrogens (primary N) is 1. The maximum Gasteiger partial charge on any atom is 0.433 e. The molecule has 0 atom stereocenters. The number of rotatable bonds is 8. The molecule has 2 fully saturated rings. The number of aryl methyl sites for hydroxylation is 1. The molecule has 0 aromatic carbocycles. The molecule has 2 saturated carbocycles. The molecule has 0 bridgehead atoms. The molecule has 35 heavy (non-hydrogen) atoms. The fraction of sp³-hybridized carbons (Fsp3) is 0.654. The van der Waals surface area contributed by atoms with Crippen LogP contribution >= 0.6 is 11.6 Å². The van der Waals surface area contributed by atoms with E-state index in [0.29, 0.717) is 30.8 Å². The first-order valence-electron chi connectivity index (χ1n) is 12.5. The standard InChI is InChI=1S/C26H36ClF3N4O/c1-18-15-32-16-22(27)20(18)10-13-34(17-25(2)11-6-7-12-25)24(35)21(14-31)23(26(28,29)30)33-19-8-4-3-5-9-19/h14-16,19H,3-13,17,31H2,1-2H3. The van der Waals surface area contributed by atoms with Gasteiger partial charge in [0.15, 0.2) is 5.71 Å². The van der Waals surface area contributed by atoms with Gasteiger partial charge in [-0.05, 0) is 55.6 Å². The van der Waals surface area contributed by atoms with E-state index in [4.69, 9.17) is 17.3 Å². The molecule has 194 valence electrons. The second-order valence-electron chi connectivity index (χ2n) is 10.3. The van der Waals surface area contributed by atoms with Crippen molar-refractivity contribution in [3.63, 3.8) is 0 Å². The van der Waals surface area contributed by atoms with Gasteiger partial charge in [-0.3, -0.25) is 14.8 Å². The highest BCUT2D eigenvalue weighted by Gasteiger charge is 2.43. The average Bonchev–Trinajstić information content (AvgIpc) is 3.24. The first kappa shape index (κ1) is 27.5. The molecular formula is C26H36ClF3N4O. The molecule has 1 aromatic rings. The van der Waals surface area contributed by atoms with Crippen LogP contribution in [0.15, 0.2) is 29.2 Å². The molecule has 1 aromatic heterocycles. The number of amides is 1. The third-order valence-corrected chi connectivity index (χ3v) is 7.66. The number of hydrogen-bond donors (Lipinski definition) is 1. The number of alkyl halides is 3. The minimum Gasteiger partial charge on any atom is -0.404 e. The van der Waals surface area contributed by atoms with Gasteiger partial charge in [0.05, 0.1) is 16.6 Å². The maximum atomic E-state index is 14.2. The Kier molecular flexibility index (Phi) is 9.24. The summed E-state index contributed by atoms with van der Waals surface area (Å²) in [6.45, 7) is 4.56.